The van der Waals surface area contributed by atoms with Gasteiger partial charge in [0.25, 0.3) is 11.6 Å². The highest BCUT2D eigenvalue weighted by molar-refractivity contribution is 5.98. The molecule has 9 heteroatoms. The number of benzene rings is 1. The lowest BCUT2D eigenvalue weighted by atomic mass is 10.00. The van der Waals surface area contributed by atoms with Crippen LogP contribution in [0.4, 0.5) is 18.9 Å². The number of halogens is 3. The average molecular weight is 334 g/mol. The number of nitrogens with zero attached hydrogens (tertiary/aromatic N) is 1. The highest BCUT2D eigenvalue weighted by Crippen LogP contribution is 2.33. The van der Waals surface area contributed by atoms with Gasteiger partial charge in [-0.25, -0.2) is 0 Å². The van der Waals surface area contributed by atoms with Gasteiger partial charge in [-0.3, -0.25) is 14.9 Å². The van der Waals surface area contributed by atoms with Crippen molar-refractivity contribution in [1.82, 2.24) is 5.32 Å². The van der Waals surface area contributed by atoms with Crippen LogP contribution in [0.5, 0.6) is 0 Å². The number of aliphatic hydroxyl groups is 1. The highest BCUT2D eigenvalue weighted by Gasteiger charge is 2.34. The molecule has 1 aromatic carbocycles. The molecule has 0 bridgehead atoms. The topological polar surface area (TPSA) is 92.5 Å². The molecule has 0 heterocycles. The molecule has 1 atom stereocenters. The number of nitrogens with one attached hydrogen (secondary N) is 1. The molecule has 6 nitrogen and oxygen atoms in total. The first-order chi connectivity index (χ1) is 10.6. The molecule has 0 aliphatic rings. The number of nitro benzene ring substituents is 1. The first-order valence-electron chi connectivity index (χ1n) is 6.85. The Morgan fingerprint density at radius 1 is 1.39 bits per heavy atom. The summed E-state index contributed by atoms with van der Waals surface area (Å²) in [7, 11) is 0. The maximum Gasteiger partial charge on any atom is 0.416 e. The van der Waals surface area contributed by atoms with Crippen LogP contribution in [-0.2, 0) is 6.18 Å². The van der Waals surface area contributed by atoms with Crippen molar-refractivity contribution >= 4 is 11.6 Å². The van der Waals surface area contributed by atoms with Crippen molar-refractivity contribution < 1.29 is 28.0 Å². The molecular formula is C14H17F3N2O4. The van der Waals surface area contributed by atoms with Gasteiger partial charge in [-0.2, -0.15) is 13.2 Å². The number of hydrogen-bond donors (Lipinski definition) is 2. The SMILES string of the molecule is CC(C)C(CCO)NC(=O)c1ccc(C(F)(F)F)cc1[N+](=O)[O-]. The fourth-order valence-corrected chi connectivity index (χ4v) is 2.01. The average Bonchev–Trinajstić information content (AvgIpc) is 2.44. The fraction of sp³-hybridized carbons (Fsp3) is 0.500. The van der Waals surface area contributed by atoms with Crippen molar-refractivity contribution in [2.75, 3.05) is 6.61 Å². The second kappa shape index (κ2) is 7.40. The number of amides is 1. The summed E-state index contributed by atoms with van der Waals surface area (Å²) in [6, 6.07) is 1.30. The molecule has 0 aromatic heterocycles. The number of hydrogen-bond acceptors (Lipinski definition) is 4. The Morgan fingerprint density at radius 2 is 2.00 bits per heavy atom. The van der Waals surface area contributed by atoms with E-state index in [1.54, 1.807) is 13.8 Å². The van der Waals surface area contributed by atoms with Crippen LogP contribution in [0.2, 0.25) is 0 Å². The normalized spacial score (nSPS) is 13.0. The molecular weight excluding hydrogens is 317 g/mol. The monoisotopic (exact) mass is 334 g/mol. The summed E-state index contributed by atoms with van der Waals surface area (Å²) in [4.78, 5) is 22.1. The van der Waals surface area contributed by atoms with E-state index in [4.69, 9.17) is 5.11 Å². The number of alkyl halides is 3. The Labute approximate surface area is 130 Å². The number of rotatable bonds is 6. The molecule has 1 amide bonds. The lowest BCUT2D eigenvalue weighted by Gasteiger charge is -2.21. The Bertz CT molecular complexity index is 588. The highest BCUT2D eigenvalue weighted by atomic mass is 19.4. The Morgan fingerprint density at radius 3 is 2.43 bits per heavy atom. The molecule has 0 saturated heterocycles. The van der Waals surface area contributed by atoms with Crippen LogP contribution in [0.15, 0.2) is 18.2 Å². The minimum Gasteiger partial charge on any atom is -0.396 e. The zero-order valence-electron chi connectivity index (χ0n) is 12.6. The summed E-state index contributed by atoms with van der Waals surface area (Å²) in [5.74, 6) is -0.905. The Balaban J connectivity index is 3.16. The lowest BCUT2D eigenvalue weighted by Crippen LogP contribution is -2.39. The van der Waals surface area contributed by atoms with Gasteiger partial charge in [0, 0.05) is 18.7 Å². The van der Waals surface area contributed by atoms with Gasteiger partial charge in [0.2, 0.25) is 0 Å². The minimum absolute atomic E-state index is 0.0559. The van der Waals surface area contributed by atoms with Crippen LogP contribution in [0.1, 0.15) is 36.2 Å². The summed E-state index contributed by atoms with van der Waals surface area (Å²) in [6.07, 6.45) is -4.50. The quantitative estimate of drug-likeness (QED) is 0.618. The van der Waals surface area contributed by atoms with Crippen LogP contribution in [0.3, 0.4) is 0 Å². The molecule has 1 unspecified atom stereocenters. The minimum atomic E-state index is -4.74. The number of aliphatic hydroxyl groups excluding tert-OH is 1. The van der Waals surface area contributed by atoms with E-state index in [0.29, 0.717) is 12.1 Å². The second-order valence-corrected chi connectivity index (χ2v) is 5.32. The third-order valence-corrected chi connectivity index (χ3v) is 3.33. The summed E-state index contributed by atoms with van der Waals surface area (Å²) < 4.78 is 37.9. The van der Waals surface area contributed by atoms with Crippen LogP contribution in [0, 0.1) is 16.0 Å². The maximum absolute atomic E-state index is 12.6. The van der Waals surface area contributed by atoms with Gasteiger partial charge in [0.1, 0.15) is 5.56 Å². The predicted octanol–water partition coefficient (Wildman–Crippen LogP) is 2.75. The van der Waals surface area contributed by atoms with Crippen molar-refractivity contribution in [3.63, 3.8) is 0 Å². The van der Waals surface area contributed by atoms with E-state index in [9.17, 15) is 28.1 Å². The third-order valence-electron chi connectivity index (χ3n) is 3.33. The van der Waals surface area contributed by atoms with Crippen molar-refractivity contribution in [2.24, 2.45) is 5.92 Å². The van der Waals surface area contributed by atoms with E-state index in [1.807, 2.05) is 0 Å². The standard InChI is InChI=1S/C14H17F3N2O4/c1-8(2)11(5-6-20)18-13(21)10-4-3-9(14(15,16)17)7-12(10)19(22)23/h3-4,7-8,11,20H,5-6H2,1-2H3,(H,18,21). The summed E-state index contributed by atoms with van der Waals surface area (Å²) in [5.41, 5.74) is -2.56. The molecule has 0 aliphatic carbocycles. The van der Waals surface area contributed by atoms with Crippen LogP contribution in [0.25, 0.3) is 0 Å². The first kappa shape index (κ1) is 18.9. The molecule has 0 fully saturated rings. The predicted molar refractivity (Wildman–Crippen MR) is 75.9 cm³/mol. The van der Waals surface area contributed by atoms with E-state index in [-0.39, 0.29) is 18.9 Å². The van der Waals surface area contributed by atoms with E-state index in [1.165, 1.54) is 0 Å². The molecule has 0 aliphatic heterocycles. The summed E-state index contributed by atoms with van der Waals surface area (Å²) in [5, 5.41) is 22.4. The van der Waals surface area contributed by atoms with Gasteiger partial charge < -0.3 is 10.4 Å². The molecule has 23 heavy (non-hydrogen) atoms. The van der Waals surface area contributed by atoms with Crippen molar-refractivity contribution in [1.29, 1.82) is 0 Å². The van der Waals surface area contributed by atoms with Gasteiger partial charge in [-0.05, 0) is 24.5 Å². The van der Waals surface area contributed by atoms with Crippen LogP contribution >= 0.6 is 0 Å². The fourth-order valence-electron chi connectivity index (χ4n) is 2.01. The van der Waals surface area contributed by atoms with Gasteiger partial charge in [0.05, 0.1) is 10.5 Å². The Hall–Kier alpha value is -2.16. The van der Waals surface area contributed by atoms with Gasteiger partial charge in [-0.1, -0.05) is 13.8 Å². The summed E-state index contributed by atoms with van der Waals surface area (Å²) in [6.45, 7) is 3.36. The number of carbonyl (C=O) groups excluding carboxylic acids is 1. The largest absolute Gasteiger partial charge is 0.416 e. The van der Waals surface area contributed by atoms with Gasteiger partial charge in [-0.15, -0.1) is 0 Å². The molecule has 128 valence electrons. The lowest BCUT2D eigenvalue weighted by molar-refractivity contribution is -0.385. The zero-order valence-corrected chi connectivity index (χ0v) is 12.6. The molecule has 0 saturated carbocycles. The second-order valence-electron chi connectivity index (χ2n) is 5.32. The number of carbonyl (C=O) groups is 1. The maximum atomic E-state index is 12.6. The molecule has 0 radical (unpaired) electrons. The summed E-state index contributed by atoms with van der Waals surface area (Å²) >= 11 is 0. The molecule has 1 aromatic rings. The first-order valence-corrected chi connectivity index (χ1v) is 6.85. The van der Waals surface area contributed by atoms with Crippen molar-refractivity contribution in [3.8, 4) is 0 Å². The van der Waals surface area contributed by atoms with Crippen LogP contribution in [-0.4, -0.2) is 28.6 Å². The van der Waals surface area contributed by atoms with Crippen molar-refractivity contribution in [3.05, 3.63) is 39.4 Å². The smallest absolute Gasteiger partial charge is 0.396 e. The number of nitro groups is 1. The van der Waals surface area contributed by atoms with Gasteiger partial charge in [0.15, 0.2) is 0 Å². The van der Waals surface area contributed by atoms with Gasteiger partial charge >= 0.3 is 6.18 Å². The van der Waals surface area contributed by atoms with Crippen LogP contribution < -0.4 is 5.32 Å². The zero-order chi connectivity index (χ0) is 17.8. The van der Waals surface area contributed by atoms with E-state index in [0.717, 1.165) is 6.07 Å². The molecule has 1 rings (SSSR count). The molecule has 2 N–H and O–H groups in total. The van der Waals surface area contributed by atoms with E-state index < -0.39 is 39.9 Å². The van der Waals surface area contributed by atoms with Crippen molar-refractivity contribution in [2.45, 2.75) is 32.5 Å². The molecule has 0 spiro atoms. The Kier molecular flexibility index (Phi) is 6.08. The third kappa shape index (κ3) is 4.92. The van der Waals surface area contributed by atoms with E-state index >= 15 is 0 Å². The van der Waals surface area contributed by atoms with E-state index in [2.05, 4.69) is 5.32 Å².